The molecule has 1 aromatic heterocycles. The van der Waals surface area contributed by atoms with Crippen molar-refractivity contribution in [3.05, 3.63) is 42.1 Å². The Balaban J connectivity index is 1.76. The molecule has 1 aliphatic rings. The van der Waals surface area contributed by atoms with E-state index in [1.54, 1.807) is 0 Å². The molecule has 0 aliphatic carbocycles. The molecule has 1 N–H and O–H groups in total. The van der Waals surface area contributed by atoms with Crippen LogP contribution < -0.4 is 5.32 Å². The van der Waals surface area contributed by atoms with Gasteiger partial charge in [-0.15, -0.1) is 0 Å². The molecular formula is C16H20N4. The van der Waals surface area contributed by atoms with Gasteiger partial charge in [0.15, 0.2) is 5.96 Å². The lowest BCUT2D eigenvalue weighted by molar-refractivity contribution is 0.493. The van der Waals surface area contributed by atoms with E-state index in [0.717, 1.165) is 31.1 Å². The summed E-state index contributed by atoms with van der Waals surface area (Å²) in [6.07, 6.45) is 4.37. The maximum atomic E-state index is 4.49. The van der Waals surface area contributed by atoms with Crippen molar-refractivity contribution in [2.24, 2.45) is 4.99 Å². The molecule has 0 unspecified atom stereocenters. The van der Waals surface area contributed by atoms with Gasteiger partial charge in [0.1, 0.15) is 0 Å². The van der Waals surface area contributed by atoms with Crippen molar-refractivity contribution in [1.29, 1.82) is 0 Å². The molecule has 2 heterocycles. The second kappa shape index (κ2) is 5.90. The van der Waals surface area contributed by atoms with E-state index >= 15 is 0 Å². The minimum absolute atomic E-state index is 0.761. The van der Waals surface area contributed by atoms with E-state index in [-0.39, 0.29) is 0 Å². The first-order valence-electron chi connectivity index (χ1n) is 7.17. The van der Waals surface area contributed by atoms with E-state index in [1.165, 1.54) is 23.8 Å². The number of rotatable bonds is 2. The number of nitrogens with one attached hydrogen (secondary N) is 1. The maximum Gasteiger partial charge on any atom is 0.193 e. The Hall–Kier alpha value is -2.10. The SMILES string of the molecule is CN=C(NCc1cccc2cccnc12)N1CCCC1. The highest BCUT2D eigenvalue weighted by molar-refractivity contribution is 5.83. The van der Waals surface area contributed by atoms with Crippen LogP contribution in [0.2, 0.25) is 0 Å². The third-order valence-corrected chi connectivity index (χ3v) is 3.77. The standard InChI is InChI=1S/C16H20N4/c1-17-16(20-10-2-3-11-20)19-12-14-7-4-6-13-8-5-9-18-15(13)14/h4-9H,2-3,10-12H2,1H3,(H,17,19). The van der Waals surface area contributed by atoms with Crippen LogP contribution >= 0.6 is 0 Å². The molecule has 1 saturated heterocycles. The van der Waals surface area contributed by atoms with Crippen molar-refractivity contribution in [3.63, 3.8) is 0 Å². The lowest BCUT2D eigenvalue weighted by Crippen LogP contribution is -2.39. The van der Waals surface area contributed by atoms with Gasteiger partial charge in [0.2, 0.25) is 0 Å². The predicted octanol–water partition coefficient (Wildman–Crippen LogP) is 2.41. The zero-order valence-electron chi connectivity index (χ0n) is 11.8. The van der Waals surface area contributed by atoms with Gasteiger partial charge >= 0.3 is 0 Å². The number of likely N-dealkylation sites (tertiary alicyclic amines) is 1. The molecule has 4 heteroatoms. The van der Waals surface area contributed by atoms with Crippen molar-refractivity contribution in [2.75, 3.05) is 20.1 Å². The van der Waals surface area contributed by atoms with Crippen LogP contribution in [0.3, 0.4) is 0 Å². The largest absolute Gasteiger partial charge is 0.352 e. The Kier molecular flexibility index (Phi) is 3.81. The molecule has 2 aromatic rings. The van der Waals surface area contributed by atoms with Gasteiger partial charge in [-0.05, 0) is 24.5 Å². The number of pyridine rings is 1. The zero-order chi connectivity index (χ0) is 13.8. The Morgan fingerprint density at radius 1 is 1.25 bits per heavy atom. The third-order valence-electron chi connectivity index (χ3n) is 3.77. The normalized spacial score (nSPS) is 15.8. The quantitative estimate of drug-likeness (QED) is 0.671. The zero-order valence-corrected chi connectivity index (χ0v) is 11.8. The number of benzene rings is 1. The summed E-state index contributed by atoms with van der Waals surface area (Å²) in [4.78, 5) is 11.2. The van der Waals surface area contributed by atoms with Crippen LogP contribution in [-0.2, 0) is 6.54 Å². The summed E-state index contributed by atoms with van der Waals surface area (Å²) >= 11 is 0. The maximum absolute atomic E-state index is 4.49. The summed E-state index contributed by atoms with van der Waals surface area (Å²) in [6, 6.07) is 10.4. The molecule has 0 saturated carbocycles. The Bertz CT molecular complexity index is 609. The highest BCUT2D eigenvalue weighted by Crippen LogP contribution is 2.16. The number of hydrogen-bond acceptors (Lipinski definition) is 2. The van der Waals surface area contributed by atoms with Crippen LogP contribution in [0.4, 0.5) is 0 Å². The first kappa shape index (κ1) is 12.9. The second-order valence-corrected chi connectivity index (χ2v) is 5.09. The number of nitrogens with zero attached hydrogens (tertiary/aromatic N) is 3. The van der Waals surface area contributed by atoms with Crippen LogP contribution in [0, 0.1) is 0 Å². The lowest BCUT2D eigenvalue weighted by Gasteiger charge is -2.21. The average Bonchev–Trinajstić information content (AvgIpc) is 3.02. The summed E-state index contributed by atoms with van der Waals surface area (Å²) in [5.41, 5.74) is 2.28. The molecule has 0 radical (unpaired) electrons. The van der Waals surface area contributed by atoms with Gasteiger partial charge in [0, 0.05) is 38.3 Å². The molecule has 0 bridgehead atoms. The first-order chi connectivity index (χ1) is 9.88. The average molecular weight is 268 g/mol. The molecule has 3 rings (SSSR count). The third kappa shape index (κ3) is 2.59. The number of hydrogen-bond donors (Lipinski definition) is 1. The highest BCUT2D eigenvalue weighted by atomic mass is 15.3. The summed E-state index contributed by atoms with van der Waals surface area (Å²) in [5, 5.41) is 4.64. The van der Waals surface area contributed by atoms with Crippen LogP contribution in [0.15, 0.2) is 41.5 Å². The molecule has 0 atom stereocenters. The molecule has 1 fully saturated rings. The van der Waals surface area contributed by atoms with Crippen molar-refractivity contribution >= 4 is 16.9 Å². The van der Waals surface area contributed by atoms with Crippen LogP contribution in [0.5, 0.6) is 0 Å². The molecule has 4 nitrogen and oxygen atoms in total. The van der Waals surface area contributed by atoms with E-state index < -0.39 is 0 Å². The smallest absolute Gasteiger partial charge is 0.193 e. The van der Waals surface area contributed by atoms with Gasteiger partial charge < -0.3 is 10.2 Å². The molecule has 0 spiro atoms. The fourth-order valence-corrected chi connectivity index (χ4v) is 2.75. The van der Waals surface area contributed by atoms with Crippen LogP contribution in [0.1, 0.15) is 18.4 Å². The molecule has 1 aromatic carbocycles. The van der Waals surface area contributed by atoms with Crippen LogP contribution in [-0.4, -0.2) is 36.0 Å². The molecule has 20 heavy (non-hydrogen) atoms. The predicted molar refractivity (Wildman–Crippen MR) is 82.7 cm³/mol. The number of para-hydroxylation sites is 1. The number of aliphatic imine (C=N–C) groups is 1. The van der Waals surface area contributed by atoms with Gasteiger partial charge in [-0.1, -0.05) is 24.3 Å². The second-order valence-electron chi connectivity index (χ2n) is 5.09. The van der Waals surface area contributed by atoms with Crippen molar-refractivity contribution in [3.8, 4) is 0 Å². The van der Waals surface area contributed by atoms with Gasteiger partial charge in [-0.25, -0.2) is 0 Å². The lowest BCUT2D eigenvalue weighted by atomic mass is 10.1. The topological polar surface area (TPSA) is 40.5 Å². The Labute approximate surface area is 119 Å². The number of fused-ring (bicyclic) bond motifs is 1. The fourth-order valence-electron chi connectivity index (χ4n) is 2.75. The summed E-state index contributed by atoms with van der Waals surface area (Å²) in [5.74, 6) is 0.996. The Morgan fingerprint density at radius 3 is 2.85 bits per heavy atom. The highest BCUT2D eigenvalue weighted by Gasteiger charge is 2.15. The van der Waals surface area contributed by atoms with E-state index in [0.29, 0.717) is 0 Å². The first-order valence-corrected chi connectivity index (χ1v) is 7.17. The minimum atomic E-state index is 0.761. The minimum Gasteiger partial charge on any atom is -0.352 e. The van der Waals surface area contributed by atoms with E-state index in [9.17, 15) is 0 Å². The van der Waals surface area contributed by atoms with Crippen molar-refractivity contribution < 1.29 is 0 Å². The van der Waals surface area contributed by atoms with Crippen molar-refractivity contribution in [2.45, 2.75) is 19.4 Å². The summed E-state index contributed by atoms with van der Waals surface area (Å²) in [7, 11) is 1.85. The van der Waals surface area contributed by atoms with Gasteiger partial charge in [-0.2, -0.15) is 0 Å². The molecule has 104 valence electrons. The van der Waals surface area contributed by atoms with Gasteiger partial charge in [0.05, 0.1) is 5.52 Å². The molecule has 0 amide bonds. The van der Waals surface area contributed by atoms with E-state index in [2.05, 4.69) is 44.5 Å². The molecular weight excluding hydrogens is 248 g/mol. The van der Waals surface area contributed by atoms with E-state index in [1.807, 2.05) is 19.3 Å². The summed E-state index contributed by atoms with van der Waals surface area (Å²) in [6.45, 7) is 2.97. The van der Waals surface area contributed by atoms with Gasteiger partial charge in [0.25, 0.3) is 0 Å². The van der Waals surface area contributed by atoms with E-state index in [4.69, 9.17) is 0 Å². The number of aromatic nitrogens is 1. The fraction of sp³-hybridized carbons (Fsp3) is 0.375. The number of guanidine groups is 1. The summed E-state index contributed by atoms with van der Waals surface area (Å²) < 4.78 is 0. The van der Waals surface area contributed by atoms with Gasteiger partial charge in [-0.3, -0.25) is 9.98 Å². The monoisotopic (exact) mass is 268 g/mol. The van der Waals surface area contributed by atoms with Crippen LogP contribution in [0.25, 0.3) is 10.9 Å². The Morgan fingerprint density at radius 2 is 2.05 bits per heavy atom. The van der Waals surface area contributed by atoms with Crippen molar-refractivity contribution in [1.82, 2.24) is 15.2 Å². The molecule has 1 aliphatic heterocycles.